The van der Waals surface area contributed by atoms with Crippen LogP contribution in [-0.2, 0) is 19.0 Å². The highest BCUT2D eigenvalue weighted by Gasteiger charge is 1.95. The fourth-order valence-corrected chi connectivity index (χ4v) is 1.44. The van der Waals surface area contributed by atoms with Gasteiger partial charge in [-0.15, -0.1) is 0 Å². The zero-order valence-electron chi connectivity index (χ0n) is 12.4. The molecule has 0 saturated heterocycles. The molecule has 0 heterocycles. The SMILES string of the molecule is CCOCCOCCOCCCCCNC(=O)CC. The minimum atomic E-state index is 0.125. The van der Waals surface area contributed by atoms with Crippen molar-refractivity contribution in [3.63, 3.8) is 0 Å². The molecule has 0 aromatic rings. The van der Waals surface area contributed by atoms with Crippen molar-refractivity contribution in [2.24, 2.45) is 0 Å². The van der Waals surface area contributed by atoms with Crippen LogP contribution in [0, 0.1) is 0 Å². The first-order chi connectivity index (χ1) is 9.31. The second kappa shape index (κ2) is 15.4. The van der Waals surface area contributed by atoms with Gasteiger partial charge in [0.25, 0.3) is 0 Å². The van der Waals surface area contributed by atoms with E-state index in [0.717, 1.165) is 39.0 Å². The number of ether oxygens (including phenoxy) is 3. The lowest BCUT2D eigenvalue weighted by molar-refractivity contribution is -0.120. The summed E-state index contributed by atoms with van der Waals surface area (Å²) in [6.07, 6.45) is 3.68. The maximum Gasteiger partial charge on any atom is 0.219 e. The molecule has 5 nitrogen and oxygen atoms in total. The molecule has 0 atom stereocenters. The minimum absolute atomic E-state index is 0.125. The second-order valence-electron chi connectivity index (χ2n) is 4.19. The van der Waals surface area contributed by atoms with Crippen LogP contribution in [0.5, 0.6) is 0 Å². The lowest BCUT2D eigenvalue weighted by Gasteiger charge is -2.06. The van der Waals surface area contributed by atoms with Crippen molar-refractivity contribution in [2.45, 2.75) is 39.5 Å². The topological polar surface area (TPSA) is 56.8 Å². The van der Waals surface area contributed by atoms with E-state index in [1.807, 2.05) is 13.8 Å². The third-order valence-corrected chi connectivity index (χ3v) is 2.56. The van der Waals surface area contributed by atoms with Gasteiger partial charge in [0.15, 0.2) is 0 Å². The van der Waals surface area contributed by atoms with E-state index >= 15 is 0 Å². The Morgan fingerprint density at radius 2 is 1.47 bits per heavy atom. The normalized spacial score (nSPS) is 10.6. The zero-order valence-corrected chi connectivity index (χ0v) is 12.4. The summed E-state index contributed by atoms with van der Waals surface area (Å²) in [5.41, 5.74) is 0. The van der Waals surface area contributed by atoms with Gasteiger partial charge < -0.3 is 19.5 Å². The number of nitrogens with one attached hydrogen (secondary N) is 1. The van der Waals surface area contributed by atoms with Crippen molar-refractivity contribution in [1.82, 2.24) is 5.32 Å². The molecule has 0 aliphatic heterocycles. The predicted molar refractivity (Wildman–Crippen MR) is 75.3 cm³/mol. The highest BCUT2D eigenvalue weighted by Crippen LogP contribution is 1.95. The number of carbonyl (C=O) groups excluding carboxylic acids is 1. The van der Waals surface area contributed by atoms with Crippen LogP contribution in [0.3, 0.4) is 0 Å². The molecule has 19 heavy (non-hydrogen) atoms. The molecule has 1 amide bonds. The van der Waals surface area contributed by atoms with Crippen LogP contribution in [0.1, 0.15) is 39.5 Å². The van der Waals surface area contributed by atoms with Crippen LogP contribution in [0.4, 0.5) is 0 Å². The van der Waals surface area contributed by atoms with E-state index in [1.54, 1.807) is 0 Å². The highest BCUT2D eigenvalue weighted by molar-refractivity contribution is 5.75. The van der Waals surface area contributed by atoms with Crippen molar-refractivity contribution in [1.29, 1.82) is 0 Å². The first-order valence-electron chi connectivity index (χ1n) is 7.31. The van der Waals surface area contributed by atoms with E-state index in [9.17, 15) is 4.79 Å². The Kier molecular flexibility index (Phi) is 14.9. The number of hydrogen-bond acceptors (Lipinski definition) is 4. The molecule has 0 aliphatic rings. The van der Waals surface area contributed by atoms with Gasteiger partial charge in [0.1, 0.15) is 0 Å². The third-order valence-electron chi connectivity index (χ3n) is 2.56. The first-order valence-corrected chi connectivity index (χ1v) is 7.31. The quantitative estimate of drug-likeness (QED) is 0.491. The van der Waals surface area contributed by atoms with E-state index in [1.165, 1.54) is 0 Å². The van der Waals surface area contributed by atoms with Crippen molar-refractivity contribution >= 4 is 5.91 Å². The van der Waals surface area contributed by atoms with Crippen LogP contribution >= 0.6 is 0 Å². The Balaban J connectivity index is 2.97. The van der Waals surface area contributed by atoms with E-state index in [-0.39, 0.29) is 5.91 Å². The summed E-state index contributed by atoms with van der Waals surface area (Å²) in [6.45, 7) is 8.64. The molecule has 5 heteroatoms. The fourth-order valence-electron chi connectivity index (χ4n) is 1.44. The average molecular weight is 275 g/mol. The monoisotopic (exact) mass is 275 g/mol. The summed E-state index contributed by atoms with van der Waals surface area (Å²) in [5.74, 6) is 0.125. The lowest BCUT2D eigenvalue weighted by atomic mass is 10.2. The average Bonchev–Trinajstić information content (AvgIpc) is 2.43. The highest BCUT2D eigenvalue weighted by atomic mass is 16.5. The minimum Gasteiger partial charge on any atom is -0.379 e. The molecule has 114 valence electrons. The van der Waals surface area contributed by atoms with Gasteiger partial charge in [-0.05, 0) is 26.2 Å². The summed E-state index contributed by atoms with van der Waals surface area (Å²) < 4.78 is 15.9. The van der Waals surface area contributed by atoms with Gasteiger partial charge >= 0.3 is 0 Å². The Labute approximate surface area is 117 Å². The maximum absolute atomic E-state index is 11.0. The number of carbonyl (C=O) groups is 1. The summed E-state index contributed by atoms with van der Waals surface area (Å²) in [7, 11) is 0. The molecule has 0 saturated carbocycles. The molecule has 1 N–H and O–H groups in total. The van der Waals surface area contributed by atoms with Crippen LogP contribution in [-0.4, -0.2) is 52.1 Å². The molecule has 0 radical (unpaired) electrons. The van der Waals surface area contributed by atoms with Gasteiger partial charge in [-0.25, -0.2) is 0 Å². The van der Waals surface area contributed by atoms with Gasteiger partial charge in [-0.3, -0.25) is 4.79 Å². The molecule has 0 aromatic heterocycles. The Bertz CT molecular complexity index is 200. The largest absolute Gasteiger partial charge is 0.379 e. The first kappa shape index (κ1) is 18.4. The van der Waals surface area contributed by atoms with E-state index in [2.05, 4.69) is 5.32 Å². The second-order valence-corrected chi connectivity index (χ2v) is 4.19. The van der Waals surface area contributed by atoms with Gasteiger partial charge in [0.2, 0.25) is 5.91 Å². The number of hydrogen-bond donors (Lipinski definition) is 1. The lowest BCUT2D eigenvalue weighted by Crippen LogP contribution is -2.23. The van der Waals surface area contributed by atoms with Gasteiger partial charge in [0.05, 0.1) is 26.4 Å². The Hall–Kier alpha value is -0.650. The van der Waals surface area contributed by atoms with Gasteiger partial charge in [-0.1, -0.05) is 6.92 Å². The zero-order chi connectivity index (χ0) is 14.2. The Morgan fingerprint density at radius 1 is 0.842 bits per heavy atom. The molecular weight excluding hydrogens is 246 g/mol. The molecule has 0 aliphatic carbocycles. The summed E-state index contributed by atoms with van der Waals surface area (Å²) in [6, 6.07) is 0. The van der Waals surface area contributed by atoms with Crippen molar-refractivity contribution in [3.05, 3.63) is 0 Å². The fraction of sp³-hybridized carbons (Fsp3) is 0.929. The van der Waals surface area contributed by atoms with E-state index < -0.39 is 0 Å². The summed E-state index contributed by atoms with van der Waals surface area (Å²) >= 11 is 0. The maximum atomic E-state index is 11.0. The van der Waals surface area contributed by atoms with Crippen LogP contribution in [0.15, 0.2) is 0 Å². The molecule has 0 rings (SSSR count). The number of rotatable bonds is 14. The van der Waals surface area contributed by atoms with Gasteiger partial charge in [0, 0.05) is 26.2 Å². The molecule has 0 spiro atoms. The smallest absolute Gasteiger partial charge is 0.219 e. The summed E-state index contributed by atoms with van der Waals surface area (Å²) in [4.78, 5) is 11.0. The predicted octanol–water partition coefficient (Wildman–Crippen LogP) is 1.75. The molecule has 0 aromatic carbocycles. The van der Waals surface area contributed by atoms with Crippen LogP contribution in [0.2, 0.25) is 0 Å². The summed E-state index contributed by atoms with van der Waals surface area (Å²) in [5, 5.41) is 2.86. The standard InChI is InChI=1S/C14H29NO4/c1-3-14(16)15-8-6-5-7-9-18-12-13-19-11-10-17-4-2/h3-13H2,1-2H3,(H,15,16). The third kappa shape index (κ3) is 15.3. The van der Waals surface area contributed by atoms with Crippen LogP contribution < -0.4 is 5.32 Å². The molecule has 0 unspecified atom stereocenters. The van der Waals surface area contributed by atoms with Crippen molar-refractivity contribution < 1.29 is 19.0 Å². The van der Waals surface area contributed by atoms with Crippen molar-refractivity contribution in [3.8, 4) is 0 Å². The molecule has 0 fully saturated rings. The van der Waals surface area contributed by atoms with Crippen molar-refractivity contribution in [2.75, 3.05) is 46.2 Å². The molecule has 0 bridgehead atoms. The van der Waals surface area contributed by atoms with E-state index in [4.69, 9.17) is 14.2 Å². The number of unbranched alkanes of at least 4 members (excludes halogenated alkanes) is 2. The van der Waals surface area contributed by atoms with E-state index in [0.29, 0.717) is 32.8 Å². The van der Waals surface area contributed by atoms with Crippen LogP contribution in [0.25, 0.3) is 0 Å². The molecular formula is C14H29NO4. The Morgan fingerprint density at radius 3 is 2.11 bits per heavy atom. The number of amides is 1. The van der Waals surface area contributed by atoms with Gasteiger partial charge in [-0.2, -0.15) is 0 Å².